The number of carbonyl (C=O) groups is 1. The second-order valence-electron chi connectivity index (χ2n) is 5.80. The topological polar surface area (TPSA) is 72.3 Å². The predicted octanol–water partition coefficient (Wildman–Crippen LogP) is 0.701. The van der Waals surface area contributed by atoms with E-state index >= 15 is 0 Å². The molecule has 2 fully saturated rings. The van der Waals surface area contributed by atoms with E-state index in [1.54, 1.807) is 0 Å². The van der Waals surface area contributed by atoms with E-state index in [0.717, 1.165) is 31.8 Å². The molecule has 2 aliphatic rings. The first-order valence-corrected chi connectivity index (χ1v) is 6.87. The van der Waals surface area contributed by atoms with Crippen molar-refractivity contribution >= 4 is 5.91 Å². The molecule has 0 aromatic heterocycles. The molecule has 0 radical (unpaired) electrons. The van der Waals surface area contributed by atoms with Crippen molar-refractivity contribution in [3.63, 3.8) is 0 Å². The minimum atomic E-state index is -0.792. The van der Waals surface area contributed by atoms with Gasteiger partial charge in [-0.3, -0.25) is 4.79 Å². The summed E-state index contributed by atoms with van der Waals surface area (Å²) in [6.07, 6.45) is 6.12. The fourth-order valence-electron chi connectivity index (χ4n) is 2.72. The van der Waals surface area contributed by atoms with Gasteiger partial charge in [0.15, 0.2) is 0 Å². The number of hydrogen-bond donors (Lipinski definition) is 2. The molecule has 0 aliphatic heterocycles. The van der Waals surface area contributed by atoms with Crippen LogP contribution in [0.25, 0.3) is 0 Å². The molecule has 4 N–H and O–H groups in total. The van der Waals surface area contributed by atoms with Crippen molar-refractivity contribution in [2.45, 2.75) is 44.6 Å². The molecule has 0 bridgehead atoms. The Bertz CT molecular complexity index is 286. The Labute approximate surface area is 104 Å². The Hall–Kier alpha value is -0.610. The van der Waals surface area contributed by atoms with Gasteiger partial charge in [0.2, 0.25) is 5.91 Å². The lowest BCUT2D eigenvalue weighted by Gasteiger charge is -2.37. The van der Waals surface area contributed by atoms with Crippen LogP contribution in [0.2, 0.25) is 0 Å². The van der Waals surface area contributed by atoms with Gasteiger partial charge in [0.25, 0.3) is 0 Å². The highest BCUT2D eigenvalue weighted by Crippen LogP contribution is 2.39. The summed E-state index contributed by atoms with van der Waals surface area (Å²) in [7, 11) is 0. The standard InChI is InChI=1S/C13H25N3O/c1-2-16(8-10-4-3-5-10)9-13(15,12(14)17)11-6-7-11/h10-11H,2-9,15H2,1H3,(H2,14,17). The Morgan fingerprint density at radius 1 is 1.35 bits per heavy atom. The number of primary amides is 1. The first-order valence-electron chi connectivity index (χ1n) is 6.87. The molecule has 0 aromatic rings. The number of amides is 1. The van der Waals surface area contributed by atoms with Crippen LogP contribution in [0.1, 0.15) is 39.0 Å². The molecular formula is C13H25N3O. The van der Waals surface area contributed by atoms with E-state index in [2.05, 4.69) is 11.8 Å². The smallest absolute Gasteiger partial charge is 0.239 e. The van der Waals surface area contributed by atoms with Crippen LogP contribution in [0.15, 0.2) is 0 Å². The van der Waals surface area contributed by atoms with Crippen LogP contribution in [-0.2, 0) is 4.79 Å². The van der Waals surface area contributed by atoms with E-state index in [-0.39, 0.29) is 5.91 Å². The number of likely N-dealkylation sites (N-methyl/N-ethyl adjacent to an activating group) is 1. The van der Waals surface area contributed by atoms with Gasteiger partial charge in [0, 0.05) is 13.1 Å². The molecule has 4 heteroatoms. The lowest BCUT2D eigenvalue weighted by molar-refractivity contribution is -0.124. The molecular weight excluding hydrogens is 214 g/mol. The van der Waals surface area contributed by atoms with Crippen molar-refractivity contribution in [1.82, 2.24) is 4.90 Å². The second-order valence-corrected chi connectivity index (χ2v) is 5.80. The molecule has 17 heavy (non-hydrogen) atoms. The van der Waals surface area contributed by atoms with Crippen molar-refractivity contribution in [2.75, 3.05) is 19.6 Å². The molecule has 4 nitrogen and oxygen atoms in total. The maximum absolute atomic E-state index is 11.6. The maximum Gasteiger partial charge on any atom is 0.239 e. The monoisotopic (exact) mass is 239 g/mol. The molecule has 2 aliphatic carbocycles. The first kappa shape index (κ1) is 12.8. The second kappa shape index (κ2) is 4.94. The highest BCUT2D eigenvalue weighted by molar-refractivity contribution is 5.85. The molecule has 1 atom stereocenters. The zero-order valence-corrected chi connectivity index (χ0v) is 10.8. The molecule has 98 valence electrons. The molecule has 0 aromatic carbocycles. The lowest BCUT2D eigenvalue weighted by Crippen LogP contribution is -2.61. The third kappa shape index (κ3) is 2.80. The highest BCUT2D eigenvalue weighted by Gasteiger charge is 2.47. The number of nitrogens with two attached hydrogens (primary N) is 2. The average Bonchev–Trinajstić information content (AvgIpc) is 3.04. The summed E-state index contributed by atoms with van der Waals surface area (Å²) < 4.78 is 0. The summed E-state index contributed by atoms with van der Waals surface area (Å²) in [5.41, 5.74) is 11.0. The van der Waals surface area contributed by atoms with Crippen molar-refractivity contribution in [2.24, 2.45) is 23.3 Å². The lowest BCUT2D eigenvalue weighted by atomic mass is 9.84. The first-order chi connectivity index (χ1) is 8.06. The van der Waals surface area contributed by atoms with Crippen LogP contribution in [0.4, 0.5) is 0 Å². The average molecular weight is 239 g/mol. The van der Waals surface area contributed by atoms with Gasteiger partial charge in [0.1, 0.15) is 5.54 Å². The molecule has 1 unspecified atom stereocenters. The molecule has 2 saturated carbocycles. The van der Waals surface area contributed by atoms with Gasteiger partial charge in [0.05, 0.1) is 0 Å². The number of rotatable bonds is 7. The van der Waals surface area contributed by atoms with Crippen LogP contribution in [0.5, 0.6) is 0 Å². The fraction of sp³-hybridized carbons (Fsp3) is 0.923. The Kier molecular flexibility index (Phi) is 3.73. The Morgan fingerprint density at radius 3 is 2.35 bits per heavy atom. The van der Waals surface area contributed by atoms with Crippen LogP contribution in [-0.4, -0.2) is 36.0 Å². The summed E-state index contributed by atoms with van der Waals surface area (Å²) in [5, 5.41) is 0. The summed E-state index contributed by atoms with van der Waals surface area (Å²) in [6, 6.07) is 0. The molecule has 0 heterocycles. The molecule has 0 spiro atoms. The van der Waals surface area contributed by atoms with E-state index in [0.29, 0.717) is 12.5 Å². The third-order valence-electron chi connectivity index (χ3n) is 4.44. The van der Waals surface area contributed by atoms with Crippen LogP contribution in [0, 0.1) is 11.8 Å². The number of hydrogen-bond acceptors (Lipinski definition) is 3. The quantitative estimate of drug-likeness (QED) is 0.687. The van der Waals surface area contributed by atoms with E-state index in [1.165, 1.54) is 19.3 Å². The van der Waals surface area contributed by atoms with E-state index < -0.39 is 5.54 Å². The van der Waals surface area contributed by atoms with E-state index in [9.17, 15) is 4.79 Å². The van der Waals surface area contributed by atoms with Crippen LogP contribution >= 0.6 is 0 Å². The van der Waals surface area contributed by atoms with Crippen LogP contribution in [0.3, 0.4) is 0 Å². The van der Waals surface area contributed by atoms with Crippen LogP contribution < -0.4 is 11.5 Å². The summed E-state index contributed by atoms with van der Waals surface area (Å²) in [6.45, 7) is 4.80. The molecule has 0 saturated heterocycles. The molecule has 2 rings (SSSR count). The Morgan fingerprint density at radius 2 is 2.00 bits per heavy atom. The van der Waals surface area contributed by atoms with Crippen molar-refractivity contribution in [1.29, 1.82) is 0 Å². The third-order valence-corrected chi connectivity index (χ3v) is 4.44. The number of carbonyl (C=O) groups excluding carboxylic acids is 1. The SMILES string of the molecule is CCN(CC1CCC1)CC(N)(C(N)=O)C1CC1. The zero-order chi connectivity index (χ0) is 12.5. The van der Waals surface area contributed by atoms with E-state index in [4.69, 9.17) is 11.5 Å². The zero-order valence-electron chi connectivity index (χ0n) is 10.8. The largest absolute Gasteiger partial charge is 0.368 e. The van der Waals surface area contributed by atoms with Gasteiger partial charge in [-0.25, -0.2) is 0 Å². The fourth-order valence-corrected chi connectivity index (χ4v) is 2.72. The van der Waals surface area contributed by atoms with Gasteiger partial charge in [-0.15, -0.1) is 0 Å². The van der Waals surface area contributed by atoms with Crippen molar-refractivity contribution in [3.8, 4) is 0 Å². The predicted molar refractivity (Wildman–Crippen MR) is 68.3 cm³/mol. The minimum Gasteiger partial charge on any atom is -0.368 e. The van der Waals surface area contributed by atoms with E-state index in [1.807, 2.05) is 0 Å². The maximum atomic E-state index is 11.6. The molecule has 1 amide bonds. The van der Waals surface area contributed by atoms with Gasteiger partial charge in [-0.05, 0) is 44.1 Å². The minimum absolute atomic E-state index is 0.315. The van der Waals surface area contributed by atoms with Gasteiger partial charge < -0.3 is 16.4 Å². The van der Waals surface area contributed by atoms with Gasteiger partial charge >= 0.3 is 0 Å². The summed E-state index contributed by atoms with van der Waals surface area (Å²) in [4.78, 5) is 13.9. The summed E-state index contributed by atoms with van der Waals surface area (Å²) >= 11 is 0. The highest BCUT2D eigenvalue weighted by atomic mass is 16.1. The van der Waals surface area contributed by atoms with Crippen molar-refractivity contribution in [3.05, 3.63) is 0 Å². The Balaban J connectivity index is 1.92. The number of nitrogens with zero attached hydrogens (tertiary/aromatic N) is 1. The summed E-state index contributed by atoms with van der Waals surface area (Å²) in [5.74, 6) is 0.800. The van der Waals surface area contributed by atoms with Crippen molar-refractivity contribution < 1.29 is 4.79 Å². The van der Waals surface area contributed by atoms with Gasteiger partial charge in [-0.2, -0.15) is 0 Å². The normalized spacial score (nSPS) is 24.4. The van der Waals surface area contributed by atoms with Gasteiger partial charge in [-0.1, -0.05) is 13.3 Å².